The van der Waals surface area contributed by atoms with Gasteiger partial charge in [0.1, 0.15) is 12.2 Å². The third-order valence-electron chi connectivity index (χ3n) is 10.5. The predicted molar refractivity (Wildman–Crippen MR) is 193 cm³/mol. The van der Waals surface area contributed by atoms with E-state index in [9.17, 15) is 9.59 Å². The van der Waals surface area contributed by atoms with Crippen LogP contribution in [0, 0.1) is 13.8 Å². The molecule has 2 aliphatic heterocycles. The van der Waals surface area contributed by atoms with E-state index in [4.69, 9.17) is 18.8 Å². The molecule has 3 aromatic carbocycles. The number of benzene rings is 3. The Morgan fingerprint density at radius 3 is 1.98 bits per heavy atom. The molecule has 2 heterocycles. The van der Waals surface area contributed by atoms with Crippen molar-refractivity contribution in [3.63, 3.8) is 0 Å². The number of rotatable bonds is 6. The second-order valence-corrected chi connectivity index (χ2v) is 15.5. The molecule has 1 N–H and O–H groups in total. The lowest BCUT2D eigenvalue weighted by Crippen LogP contribution is -2.48. The van der Waals surface area contributed by atoms with Crippen LogP contribution in [0.1, 0.15) is 82.2 Å². The summed E-state index contributed by atoms with van der Waals surface area (Å²) in [6.45, 7) is 21.2. The van der Waals surface area contributed by atoms with Gasteiger partial charge in [0.2, 0.25) is 0 Å². The first kappa shape index (κ1) is 35.0. The minimum atomic E-state index is -0.634. The minimum absolute atomic E-state index is 0.0313. The average Bonchev–Trinajstić information content (AvgIpc) is 3.47. The summed E-state index contributed by atoms with van der Waals surface area (Å²) in [6.07, 6.45) is -0.785. The van der Waals surface area contributed by atoms with Crippen molar-refractivity contribution in [1.82, 2.24) is 9.80 Å². The van der Waals surface area contributed by atoms with Crippen molar-refractivity contribution in [2.45, 2.75) is 91.6 Å². The Kier molecular flexibility index (Phi) is 9.37. The van der Waals surface area contributed by atoms with Crippen molar-refractivity contribution < 1.29 is 28.4 Å². The number of piperazine rings is 1. The number of amides is 2. The number of hydrogen-bond acceptors (Lipinski definition) is 7. The van der Waals surface area contributed by atoms with Crippen LogP contribution in [-0.4, -0.2) is 78.7 Å². The van der Waals surface area contributed by atoms with Gasteiger partial charge in [-0.1, -0.05) is 54.6 Å². The molecule has 6 rings (SSSR count). The van der Waals surface area contributed by atoms with Crippen molar-refractivity contribution in [2.75, 3.05) is 38.1 Å². The Hall–Kier alpha value is -3.86. The number of carbonyl (C=O) groups excluding carboxylic acids is 2. The highest BCUT2D eigenvalue weighted by atomic mass is 16.7. The zero-order chi connectivity index (χ0) is 35.3. The van der Waals surface area contributed by atoms with Crippen LogP contribution in [0.15, 0.2) is 54.6 Å². The lowest BCUT2D eigenvalue weighted by molar-refractivity contribution is 0.00578. The van der Waals surface area contributed by atoms with Gasteiger partial charge < -0.3 is 23.7 Å². The monoisotopic (exact) mass is 667 g/mol. The summed E-state index contributed by atoms with van der Waals surface area (Å²) in [7, 11) is -0.589. The molecule has 0 atom stereocenters. The van der Waals surface area contributed by atoms with Crippen LogP contribution < -0.4 is 10.8 Å². The molecule has 3 aromatic rings. The van der Waals surface area contributed by atoms with E-state index in [1.807, 2.05) is 74.4 Å². The first-order valence-electron chi connectivity index (χ1n) is 17.4. The van der Waals surface area contributed by atoms with Gasteiger partial charge in [-0.3, -0.25) is 10.2 Å². The van der Waals surface area contributed by atoms with Crippen LogP contribution in [0.4, 0.5) is 15.3 Å². The molecule has 0 aromatic heterocycles. The molecular formula is C39H50BN3O6. The highest BCUT2D eigenvalue weighted by Gasteiger charge is 2.52. The van der Waals surface area contributed by atoms with Crippen LogP contribution in [0.5, 0.6) is 0 Å². The topological polar surface area (TPSA) is 89.6 Å². The van der Waals surface area contributed by atoms with E-state index in [0.29, 0.717) is 45.0 Å². The summed E-state index contributed by atoms with van der Waals surface area (Å²) in [5.74, 6) is 0.0313. The number of nitrogens with zero attached hydrogens (tertiary/aromatic N) is 2. The highest BCUT2D eigenvalue weighted by Crippen LogP contribution is 2.44. The number of hydrogen-bond donors (Lipinski definition) is 1. The van der Waals surface area contributed by atoms with Gasteiger partial charge in [0, 0.05) is 44.3 Å². The lowest BCUT2D eigenvalue weighted by atomic mass is 9.74. The SMILES string of the molecule is Cc1c(CN2CCN(C(=O)OCC3c4ccccc4-c4ccccc43)CC2)cc(B2OC(C)(C)C(C)(C)O2)c(C)c1NC(=O)OC(C)(C)C. The van der Waals surface area contributed by atoms with Crippen molar-refractivity contribution in [3.05, 3.63) is 82.4 Å². The zero-order valence-electron chi connectivity index (χ0n) is 30.4. The second kappa shape index (κ2) is 13.1. The molecule has 2 fully saturated rings. The third kappa shape index (κ3) is 7.09. The minimum Gasteiger partial charge on any atom is -0.448 e. The number of fused-ring (bicyclic) bond motifs is 3. The summed E-state index contributed by atoms with van der Waals surface area (Å²) in [6, 6.07) is 18.9. The molecular weight excluding hydrogens is 617 g/mol. The highest BCUT2D eigenvalue weighted by molar-refractivity contribution is 6.63. The summed E-state index contributed by atoms with van der Waals surface area (Å²) in [5, 5.41) is 3.03. The Morgan fingerprint density at radius 1 is 0.878 bits per heavy atom. The van der Waals surface area contributed by atoms with Crippen molar-refractivity contribution in [3.8, 4) is 11.1 Å². The van der Waals surface area contributed by atoms with E-state index >= 15 is 0 Å². The van der Waals surface area contributed by atoms with Gasteiger partial charge in [0.05, 0.1) is 11.2 Å². The van der Waals surface area contributed by atoms with Gasteiger partial charge in [-0.2, -0.15) is 0 Å². The summed E-state index contributed by atoms with van der Waals surface area (Å²) < 4.78 is 24.5. The first-order valence-corrected chi connectivity index (χ1v) is 17.4. The van der Waals surface area contributed by atoms with Gasteiger partial charge in [-0.25, -0.2) is 9.59 Å². The molecule has 0 saturated carbocycles. The molecule has 0 spiro atoms. The summed E-state index contributed by atoms with van der Waals surface area (Å²) in [4.78, 5) is 30.4. The number of nitrogens with one attached hydrogen (secondary N) is 1. The Labute approximate surface area is 291 Å². The van der Waals surface area contributed by atoms with Crippen molar-refractivity contribution in [2.24, 2.45) is 0 Å². The van der Waals surface area contributed by atoms with Crippen molar-refractivity contribution >= 4 is 30.5 Å². The van der Waals surface area contributed by atoms with Crippen LogP contribution in [0.3, 0.4) is 0 Å². The zero-order valence-corrected chi connectivity index (χ0v) is 30.4. The van der Waals surface area contributed by atoms with Crippen LogP contribution in [0.25, 0.3) is 11.1 Å². The Balaban J connectivity index is 1.14. The average molecular weight is 668 g/mol. The molecule has 0 unspecified atom stereocenters. The molecule has 1 aliphatic carbocycles. The molecule has 3 aliphatic rings. The first-order chi connectivity index (χ1) is 23.0. The van der Waals surface area contributed by atoms with E-state index < -0.39 is 30.0 Å². The van der Waals surface area contributed by atoms with Crippen LogP contribution >= 0.6 is 0 Å². The molecule has 2 amide bonds. The largest absolute Gasteiger partial charge is 0.495 e. The van der Waals surface area contributed by atoms with Gasteiger partial charge in [0.15, 0.2) is 0 Å². The molecule has 260 valence electrons. The van der Waals surface area contributed by atoms with E-state index in [0.717, 1.165) is 22.2 Å². The number of anilines is 1. The van der Waals surface area contributed by atoms with Gasteiger partial charge in [0.25, 0.3) is 0 Å². The maximum absolute atomic E-state index is 13.3. The van der Waals surface area contributed by atoms with Crippen LogP contribution in [-0.2, 0) is 25.3 Å². The summed E-state index contributed by atoms with van der Waals surface area (Å²) in [5.41, 5.74) is 7.65. The second-order valence-electron chi connectivity index (χ2n) is 15.5. The quantitative estimate of drug-likeness (QED) is 0.283. The van der Waals surface area contributed by atoms with Gasteiger partial charge in [-0.05, 0) is 107 Å². The van der Waals surface area contributed by atoms with Crippen molar-refractivity contribution in [1.29, 1.82) is 0 Å². The smallest absolute Gasteiger partial charge is 0.448 e. The fourth-order valence-corrected chi connectivity index (χ4v) is 6.98. The Morgan fingerprint density at radius 2 is 1.43 bits per heavy atom. The van der Waals surface area contributed by atoms with Gasteiger partial charge >= 0.3 is 19.3 Å². The fraction of sp³-hybridized carbons (Fsp3) is 0.487. The molecule has 0 radical (unpaired) electrons. The summed E-state index contributed by atoms with van der Waals surface area (Å²) >= 11 is 0. The maximum atomic E-state index is 13.3. The molecule has 0 bridgehead atoms. The maximum Gasteiger partial charge on any atom is 0.495 e. The standard InChI is InChI=1S/C39H50BN3O6/c1-25-27(22-33(40-48-38(6,7)39(8,9)49-40)26(2)34(25)41-35(44)47-37(3,4)5)23-42-18-20-43(21-19-42)36(45)46-24-32-30-16-12-10-14-28(30)29-15-11-13-17-31(29)32/h10-17,22,32H,18-21,23-24H2,1-9H3,(H,41,44). The predicted octanol–water partition coefficient (Wildman–Crippen LogP) is 7.02. The third-order valence-corrected chi connectivity index (χ3v) is 10.5. The van der Waals surface area contributed by atoms with Crippen LogP contribution in [0.2, 0.25) is 0 Å². The number of carbonyl (C=O) groups is 2. The normalized spacial score (nSPS) is 18.6. The van der Waals surface area contributed by atoms with Gasteiger partial charge in [-0.15, -0.1) is 0 Å². The Bertz CT molecular complexity index is 1680. The van der Waals surface area contributed by atoms with E-state index in [2.05, 4.69) is 52.7 Å². The molecule has 2 saturated heterocycles. The molecule has 9 nitrogen and oxygen atoms in total. The molecule has 49 heavy (non-hydrogen) atoms. The lowest BCUT2D eigenvalue weighted by Gasteiger charge is -2.35. The van der Waals surface area contributed by atoms with E-state index in [1.165, 1.54) is 22.3 Å². The van der Waals surface area contributed by atoms with E-state index in [1.54, 1.807) is 4.90 Å². The fourth-order valence-electron chi connectivity index (χ4n) is 6.98. The number of ether oxygens (including phenoxy) is 2. The van der Waals surface area contributed by atoms with E-state index in [-0.39, 0.29) is 12.0 Å². The molecule has 10 heteroatoms.